The van der Waals surface area contributed by atoms with E-state index in [0.717, 1.165) is 58.1 Å². The fraction of sp³-hybridized carbons (Fsp3) is 0.476. The molecule has 4 heterocycles. The Morgan fingerprint density at radius 1 is 0.964 bits per heavy atom. The molecule has 1 aromatic carbocycles. The molecule has 28 heavy (non-hydrogen) atoms. The Morgan fingerprint density at radius 2 is 1.75 bits per heavy atom. The van der Waals surface area contributed by atoms with Crippen molar-refractivity contribution < 1.29 is 9.47 Å². The maximum Gasteiger partial charge on any atom is 0.176 e. The Bertz CT molecular complexity index is 828. The average molecular weight is 509 g/mol. The van der Waals surface area contributed by atoms with Crippen LogP contribution in [-0.2, 0) is 4.74 Å². The number of benzene rings is 1. The van der Waals surface area contributed by atoms with Crippen LogP contribution in [0.1, 0.15) is 19.3 Å². The van der Waals surface area contributed by atoms with Gasteiger partial charge in [-0.05, 0) is 53.5 Å². The van der Waals surface area contributed by atoms with Gasteiger partial charge in [-0.25, -0.2) is 4.98 Å². The van der Waals surface area contributed by atoms with Crippen LogP contribution in [0.4, 0.5) is 11.5 Å². The number of anilines is 2. The lowest BCUT2D eigenvalue weighted by Crippen LogP contribution is -2.65. The van der Waals surface area contributed by atoms with E-state index < -0.39 is 0 Å². The summed E-state index contributed by atoms with van der Waals surface area (Å²) in [6, 6.07) is 8.17. The molecule has 2 fully saturated rings. The maximum absolute atomic E-state index is 6.10. The van der Waals surface area contributed by atoms with Gasteiger partial charge in [0.05, 0.1) is 18.9 Å². The maximum atomic E-state index is 6.10. The summed E-state index contributed by atoms with van der Waals surface area (Å²) in [4.78, 5) is 9.48. The fourth-order valence-corrected chi connectivity index (χ4v) is 5.01. The zero-order chi connectivity index (χ0) is 19.1. The highest BCUT2D eigenvalue weighted by molar-refractivity contribution is 9.10. The second kappa shape index (κ2) is 7.59. The third kappa shape index (κ3) is 3.58. The van der Waals surface area contributed by atoms with Gasteiger partial charge in [0, 0.05) is 46.3 Å². The molecule has 5 rings (SSSR count). The van der Waals surface area contributed by atoms with Crippen molar-refractivity contribution in [2.45, 2.75) is 19.3 Å². The molecule has 2 saturated heterocycles. The van der Waals surface area contributed by atoms with E-state index >= 15 is 0 Å². The van der Waals surface area contributed by atoms with Crippen molar-refractivity contribution in [3.63, 3.8) is 0 Å². The van der Waals surface area contributed by atoms with Crippen LogP contribution in [0.2, 0.25) is 0 Å². The highest BCUT2D eigenvalue weighted by Crippen LogP contribution is 2.47. The highest BCUT2D eigenvalue weighted by atomic mass is 79.9. The summed E-state index contributed by atoms with van der Waals surface area (Å²) in [5, 5.41) is 0. The highest BCUT2D eigenvalue weighted by Gasteiger charge is 2.48. The molecular weight excluding hydrogens is 486 g/mol. The lowest BCUT2D eigenvalue weighted by molar-refractivity contribution is -0.188. The van der Waals surface area contributed by atoms with E-state index in [9.17, 15) is 0 Å². The van der Waals surface area contributed by atoms with Gasteiger partial charge in [-0.3, -0.25) is 0 Å². The number of unbranched alkanes of at least 4 members (excludes halogenated alkanes) is 2. The largest absolute Gasteiger partial charge is 0.451 e. The molecule has 0 unspecified atom stereocenters. The number of pyridine rings is 1. The standard InChI is InChI=1S/C21H23Br2N3O2/c22-15-4-5-17-18(8-15)28-19-9-16(23)10-24-20(19)26(17)7-3-1-2-6-25-11-21(12-25)13-27-14-21/h4-5,8-10H,1-3,6-7,11-14H2. The molecular formula is C21H23Br2N3O2. The van der Waals surface area contributed by atoms with Gasteiger partial charge in [0.2, 0.25) is 0 Å². The molecule has 7 heteroatoms. The molecule has 5 nitrogen and oxygen atoms in total. The minimum absolute atomic E-state index is 0.523. The quantitative estimate of drug-likeness (QED) is 0.491. The summed E-state index contributed by atoms with van der Waals surface area (Å²) in [6.07, 6.45) is 5.43. The van der Waals surface area contributed by atoms with Gasteiger partial charge in [0.1, 0.15) is 0 Å². The fourth-order valence-electron chi connectivity index (χ4n) is 4.36. The van der Waals surface area contributed by atoms with E-state index in [1.54, 1.807) is 0 Å². The lowest BCUT2D eigenvalue weighted by Gasteiger charge is -2.55. The molecule has 0 N–H and O–H groups in total. The van der Waals surface area contributed by atoms with Crippen LogP contribution in [0.5, 0.6) is 11.5 Å². The van der Waals surface area contributed by atoms with Crippen molar-refractivity contribution in [3.05, 3.63) is 39.4 Å². The number of halogens is 2. The summed E-state index contributed by atoms with van der Waals surface area (Å²) < 4.78 is 13.4. The molecule has 3 aliphatic heterocycles. The molecule has 0 bridgehead atoms. The molecule has 0 saturated carbocycles. The molecule has 148 valence electrons. The van der Waals surface area contributed by atoms with Gasteiger partial charge in [-0.2, -0.15) is 0 Å². The average Bonchev–Trinajstić information content (AvgIpc) is 2.60. The predicted molar refractivity (Wildman–Crippen MR) is 117 cm³/mol. The zero-order valence-electron chi connectivity index (χ0n) is 15.7. The smallest absolute Gasteiger partial charge is 0.176 e. The number of rotatable bonds is 6. The van der Waals surface area contributed by atoms with Gasteiger partial charge in [-0.1, -0.05) is 22.4 Å². The Hall–Kier alpha value is -1.15. The van der Waals surface area contributed by atoms with Gasteiger partial charge in [0.25, 0.3) is 0 Å². The number of fused-ring (bicyclic) bond motifs is 2. The summed E-state index contributed by atoms with van der Waals surface area (Å²) in [5.41, 5.74) is 1.61. The number of aromatic nitrogens is 1. The zero-order valence-corrected chi connectivity index (χ0v) is 18.8. The Kier molecular flexibility index (Phi) is 5.11. The van der Waals surface area contributed by atoms with Crippen molar-refractivity contribution in [1.82, 2.24) is 9.88 Å². The number of hydrogen-bond acceptors (Lipinski definition) is 5. The van der Waals surface area contributed by atoms with Gasteiger partial charge >= 0.3 is 0 Å². The topological polar surface area (TPSA) is 37.8 Å². The van der Waals surface area contributed by atoms with Crippen LogP contribution in [0, 0.1) is 5.41 Å². The minimum atomic E-state index is 0.523. The third-order valence-electron chi connectivity index (χ3n) is 5.78. The molecule has 1 aromatic heterocycles. The first-order valence-corrected chi connectivity index (χ1v) is 11.4. The van der Waals surface area contributed by atoms with Crippen LogP contribution in [0.25, 0.3) is 0 Å². The van der Waals surface area contributed by atoms with Crippen LogP contribution >= 0.6 is 31.9 Å². The first-order valence-electron chi connectivity index (χ1n) is 9.83. The lowest BCUT2D eigenvalue weighted by atomic mass is 9.78. The summed E-state index contributed by atoms with van der Waals surface area (Å²) >= 11 is 7.04. The predicted octanol–water partition coefficient (Wildman–Crippen LogP) is 5.35. The number of ether oxygens (including phenoxy) is 2. The number of likely N-dealkylation sites (tertiary alicyclic amines) is 1. The molecule has 1 spiro atoms. The SMILES string of the molecule is Brc1ccc2c(c1)Oc1cc(Br)cnc1N2CCCCCN1CC2(COC2)C1. The summed E-state index contributed by atoms with van der Waals surface area (Å²) in [6.45, 7) is 6.54. The molecule has 0 aliphatic carbocycles. The van der Waals surface area contributed by atoms with E-state index in [1.165, 1.54) is 32.5 Å². The molecule has 0 amide bonds. The Morgan fingerprint density at radius 3 is 2.54 bits per heavy atom. The van der Waals surface area contributed by atoms with E-state index in [4.69, 9.17) is 9.47 Å². The van der Waals surface area contributed by atoms with Crippen LogP contribution in [-0.4, -0.2) is 49.3 Å². The molecule has 0 radical (unpaired) electrons. The van der Waals surface area contributed by atoms with E-state index in [0.29, 0.717) is 5.41 Å². The summed E-state index contributed by atoms with van der Waals surface area (Å²) in [5.74, 6) is 2.57. The Balaban J connectivity index is 1.20. The van der Waals surface area contributed by atoms with E-state index in [1.807, 2.05) is 18.3 Å². The minimum Gasteiger partial charge on any atom is -0.451 e. The van der Waals surface area contributed by atoms with Crippen LogP contribution in [0.15, 0.2) is 39.4 Å². The van der Waals surface area contributed by atoms with Crippen molar-refractivity contribution in [2.75, 3.05) is 44.3 Å². The molecule has 3 aliphatic rings. The van der Waals surface area contributed by atoms with Crippen LogP contribution in [0.3, 0.4) is 0 Å². The molecule has 2 aromatic rings. The van der Waals surface area contributed by atoms with E-state index in [-0.39, 0.29) is 0 Å². The summed E-state index contributed by atoms with van der Waals surface area (Å²) in [7, 11) is 0. The first kappa shape index (κ1) is 18.9. The number of hydrogen-bond donors (Lipinski definition) is 0. The van der Waals surface area contributed by atoms with Gasteiger partial charge < -0.3 is 19.3 Å². The Labute approximate surface area is 182 Å². The third-order valence-corrected chi connectivity index (χ3v) is 6.71. The van der Waals surface area contributed by atoms with Crippen LogP contribution < -0.4 is 9.64 Å². The van der Waals surface area contributed by atoms with Crippen molar-refractivity contribution in [1.29, 1.82) is 0 Å². The second-order valence-electron chi connectivity index (χ2n) is 8.11. The monoisotopic (exact) mass is 507 g/mol. The van der Waals surface area contributed by atoms with Crippen molar-refractivity contribution >= 4 is 43.4 Å². The first-order chi connectivity index (χ1) is 13.6. The normalized spacial score (nSPS) is 19.4. The van der Waals surface area contributed by atoms with Crippen molar-refractivity contribution in [2.24, 2.45) is 5.41 Å². The van der Waals surface area contributed by atoms with Gasteiger partial charge in [0.15, 0.2) is 17.3 Å². The molecule has 0 atom stereocenters. The van der Waals surface area contributed by atoms with Gasteiger partial charge in [-0.15, -0.1) is 0 Å². The second-order valence-corrected chi connectivity index (χ2v) is 9.94. The van der Waals surface area contributed by atoms with E-state index in [2.05, 4.69) is 58.8 Å². The van der Waals surface area contributed by atoms with Crippen molar-refractivity contribution in [3.8, 4) is 11.5 Å². The number of nitrogens with zero attached hydrogens (tertiary/aromatic N) is 3.